The highest BCUT2D eigenvalue weighted by Crippen LogP contribution is 2.52. The van der Waals surface area contributed by atoms with E-state index >= 15 is 28.8 Å². The molecule has 139 heavy (non-hydrogen) atoms. The van der Waals surface area contributed by atoms with Crippen molar-refractivity contribution in [1.29, 1.82) is 0 Å². The van der Waals surface area contributed by atoms with Gasteiger partial charge in [0.05, 0.1) is 89.8 Å². The zero-order chi connectivity index (χ0) is 102. The SMILES string of the molecule is CC(C)CC(C(=O)C[C@H]1C(=O)N[C@@H](CC(N)=O)C(=O)C[C@H]2C(=O)N[C@H]3C(=O)C[C@H](C(=O)N[C@H](C(=O)O)c4cc(O)cc(O)c4-c4cc3ccc4O)[C@H](O)c3ccc(c(Cl)c3)Oc3cc2cc(c3O[C@@H]2O[C@H](CO)[C@@H](O)[C@H](O)[C@H]2O[C@@H](C)O[C@@H](C)[C@@H](O)[C@@H](C)NC(=O)O[C@@H]2/C=C/CC[C@](C)(C(=O)NCC(=O)O)CC2)Oc2ccc(cc2Cl)[C@H]1O)N(C)C(=O)O[C@@H]1/C=C/CC[C@](C)(C(=O)CCC(=O)O)CC1. The monoisotopic (exact) mass is 1980 g/mol. The van der Waals surface area contributed by atoms with Crippen molar-refractivity contribution in [1.82, 2.24) is 31.5 Å². The number of nitrogens with two attached hydrogens (primary N) is 1. The number of primary amides is 1. The second-order valence-corrected chi connectivity index (χ2v) is 37.5. The van der Waals surface area contributed by atoms with E-state index in [9.17, 15) is 99.6 Å². The normalized spacial score (nSPS) is 27.2. The number of aliphatic hydroxyl groups is 6. The van der Waals surface area contributed by atoms with Gasteiger partial charge >= 0.3 is 30.1 Å². The Morgan fingerprint density at radius 1 is 0.655 bits per heavy atom. The van der Waals surface area contributed by atoms with Gasteiger partial charge in [-0.25, -0.2) is 14.4 Å². The summed E-state index contributed by atoms with van der Waals surface area (Å²) in [7, 11) is 1.25. The lowest BCUT2D eigenvalue weighted by atomic mass is 9.74. The number of alkyl carbamates (subject to hydrolysis) is 1. The van der Waals surface area contributed by atoms with Crippen LogP contribution in [-0.2, 0) is 81.2 Å². The first-order valence-corrected chi connectivity index (χ1v) is 46.0. The minimum Gasteiger partial charge on any atom is -0.508 e. The number of likely N-dealkylation sites (N-methyl/N-ethyl adjacent to an activating group) is 1. The van der Waals surface area contributed by atoms with Gasteiger partial charge in [0, 0.05) is 66.3 Å². The van der Waals surface area contributed by atoms with Gasteiger partial charge in [-0.2, -0.15) is 0 Å². The fourth-order valence-electron chi connectivity index (χ4n) is 17.8. The molecule has 0 aromatic heterocycles. The lowest BCUT2D eigenvalue weighted by Gasteiger charge is -2.43. The Morgan fingerprint density at radius 2 is 1.27 bits per heavy atom. The molecule has 41 nitrogen and oxygen atoms in total. The number of carboxylic acids is 3. The van der Waals surface area contributed by atoms with Crippen molar-refractivity contribution in [2.45, 2.75) is 255 Å². The predicted molar refractivity (Wildman–Crippen MR) is 487 cm³/mol. The molecule has 43 heteroatoms. The van der Waals surface area contributed by atoms with E-state index in [-0.39, 0.29) is 61.0 Å². The number of rotatable bonds is 28. The predicted octanol–water partition coefficient (Wildman–Crippen LogP) is 7.68. The number of phenolic OH excluding ortho intramolecular Hbond substituents is 3. The van der Waals surface area contributed by atoms with Crippen molar-refractivity contribution in [2.24, 2.45) is 34.3 Å². The van der Waals surface area contributed by atoms with Gasteiger partial charge in [0.2, 0.25) is 41.6 Å². The van der Waals surface area contributed by atoms with Crippen LogP contribution in [0.5, 0.6) is 46.0 Å². The number of carbonyl (C=O) groups excluding carboxylic acids is 11. The number of aliphatic carboxylic acids is 3. The van der Waals surface area contributed by atoms with Crippen molar-refractivity contribution < 1.29 is 166 Å². The van der Waals surface area contributed by atoms with Crippen LogP contribution >= 0.6 is 23.2 Å². The van der Waals surface area contributed by atoms with Crippen LogP contribution < -0.4 is 46.5 Å². The minimum atomic E-state index is -2.27. The van der Waals surface area contributed by atoms with Gasteiger partial charge in [-0.1, -0.05) is 81.2 Å². The average Bonchev–Trinajstić information content (AvgIpc) is 0.762. The summed E-state index contributed by atoms with van der Waals surface area (Å²) in [6, 6.07) is 4.27. The Bertz CT molecular complexity index is 5560. The zero-order valence-electron chi connectivity index (χ0n) is 77.1. The number of Topliss-reactive ketones (excluding diaryl/α,β-unsaturated/α-hetero) is 4. The highest BCUT2D eigenvalue weighted by atomic mass is 35.5. The molecule has 8 aliphatic rings. The summed E-state index contributed by atoms with van der Waals surface area (Å²) in [5.74, 6) is -25.9. The van der Waals surface area contributed by atoms with Crippen LogP contribution in [0.3, 0.4) is 0 Å². The summed E-state index contributed by atoms with van der Waals surface area (Å²) in [4.78, 5) is 200. The molecule has 0 saturated carbocycles. The Hall–Kier alpha value is -12.4. The number of aliphatic hydroxyl groups excluding tert-OH is 6. The number of carbonyl (C=O) groups is 14. The Kier molecular flexibility index (Phi) is 35.5. The number of hydrogen-bond donors (Lipinski definition) is 18. The van der Waals surface area contributed by atoms with Gasteiger partial charge in [-0.3, -0.25) is 52.7 Å². The van der Waals surface area contributed by atoms with E-state index in [1.807, 2.05) is 0 Å². The summed E-state index contributed by atoms with van der Waals surface area (Å²) < 4.78 is 50.7. The van der Waals surface area contributed by atoms with Gasteiger partial charge < -0.3 is 136 Å². The summed E-state index contributed by atoms with van der Waals surface area (Å²) >= 11 is 14.4. The molecule has 7 amide bonds. The first-order valence-electron chi connectivity index (χ1n) is 45.2. The van der Waals surface area contributed by atoms with Crippen LogP contribution in [0.15, 0.2) is 103 Å². The number of benzene rings is 5. The topological polar surface area (TPSA) is 645 Å². The lowest BCUT2D eigenvalue weighted by molar-refractivity contribution is -0.319. The standard InChI is InChI=1S/C96H115Cl2N7O34/c1-43(2)29-62(105(8)94(131)135-53-14-9-11-25-95(6,27-23-53)73(113)21-22-75(115)116)65(110)38-57-81(120)48-16-19-68(59(97)31-48)136-70-33-50-34-71(85(70)139-91-86(84(123)83(122)72(42-106)138-91)133-46(5)132-45(4)80(119)44(3)101-93(130)134-52-13-10-12-26-96(7,28-24-52)92(129)100-41-76(117)118)137-69-20-17-49(32-60(69)98)82(121)58-39-67(112)78(103-87(124)54(50)37-64(109)61(40-74(99)114)102-88(57)125)47-15-18-63(108)55(30-47)77-56(35-51(107)36-66(77)111)79(90(127)128)104-89(58)126/h9-10,13-20,30-36,43-46,52-54,57-58,61-62,72,78-84,86,91,106-108,111,119-123H,11-12,21-29,37-42H2,1-8H3,(H2,99,114)(H,100,129)(H,101,130)(H,102,125)(H,103,124)(H,104,126)(H,115,116)(H,117,118)(H,127,128)/b13-10+,14-9+/t44-,45+,46+,52-,53-,54-,57-,58+,61+,62?,72-,78-,79+,80+,81-,82-,83-,84+,86-,91+,95+,96+/m1/s1. The second-order valence-electron chi connectivity index (χ2n) is 36.7. The molecule has 13 rings (SSSR count). The van der Waals surface area contributed by atoms with E-state index in [1.54, 1.807) is 52.0 Å². The first kappa shape index (κ1) is 107. The van der Waals surface area contributed by atoms with Crippen LogP contribution in [0.1, 0.15) is 203 Å². The third-order valence-electron chi connectivity index (χ3n) is 25.9. The number of amides is 7. The quantitative estimate of drug-likeness (QED) is 0.0168. The number of carboxylic acid groups (broad SMARTS) is 3. The van der Waals surface area contributed by atoms with Gasteiger partial charge in [0.25, 0.3) is 0 Å². The molecule has 1 saturated heterocycles. The number of allylic oxidation sites excluding steroid dienone is 2. The fraction of sp³-hybridized carbons (Fsp3) is 0.500. The van der Waals surface area contributed by atoms with Crippen LogP contribution in [-0.4, -0.2) is 249 Å². The molecule has 752 valence electrons. The van der Waals surface area contributed by atoms with Gasteiger partial charge in [0.15, 0.2) is 47.3 Å². The van der Waals surface area contributed by atoms with Crippen molar-refractivity contribution in [3.8, 4) is 57.1 Å². The van der Waals surface area contributed by atoms with Gasteiger partial charge in [-0.15, -0.1) is 0 Å². The number of nitrogens with zero attached hydrogens (tertiary/aromatic N) is 1. The number of ketones is 4. The molecular formula is C96H115Cl2N7O34. The van der Waals surface area contributed by atoms with E-state index in [2.05, 4.69) is 26.6 Å². The van der Waals surface area contributed by atoms with Gasteiger partial charge in [0.1, 0.15) is 77.6 Å². The molecule has 6 aliphatic heterocycles. The number of nitrogens with one attached hydrogen (secondary N) is 5. The maximum absolute atomic E-state index is 16.5. The Morgan fingerprint density at radius 3 is 1.86 bits per heavy atom. The molecule has 5 aromatic carbocycles. The number of phenols is 3. The number of halogens is 2. The van der Waals surface area contributed by atoms with Crippen molar-refractivity contribution in [3.05, 3.63) is 141 Å². The van der Waals surface area contributed by atoms with E-state index in [1.165, 1.54) is 33.9 Å². The largest absolute Gasteiger partial charge is 0.508 e. The summed E-state index contributed by atoms with van der Waals surface area (Å²) in [6.45, 7) is 9.17. The summed E-state index contributed by atoms with van der Waals surface area (Å²) in [5.41, 5.74) is 0.976. The molecule has 6 heterocycles. The molecule has 19 N–H and O–H groups in total. The van der Waals surface area contributed by atoms with E-state index in [0.29, 0.717) is 25.7 Å². The maximum Gasteiger partial charge on any atom is 0.410 e. The summed E-state index contributed by atoms with van der Waals surface area (Å²) in [5, 5.41) is 147. The summed E-state index contributed by atoms with van der Waals surface area (Å²) in [6.07, 6.45) is -19.6. The van der Waals surface area contributed by atoms with Crippen LogP contribution in [0.2, 0.25) is 10.0 Å². The van der Waals surface area contributed by atoms with E-state index in [0.717, 1.165) is 77.7 Å². The van der Waals surface area contributed by atoms with E-state index in [4.69, 9.17) is 66.8 Å². The van der Waals surface area contributed by atoms with Crippen molar-refractivity contribution in [2.75, 3.05) is 20.2 Å². The highest BCUT2D eigenvalue weighted by Gasteiger charge is 2.51. The van der Waals surface area contributed by atoms with Crippen LogP contribution in [0.4, 0.5) is 9.59 Å². The first-order chi connectivity index (χ1) is 65.5. The third kappa shape index (κ3) is 26.2. The van der Waals surface area contributed by atoms with Crippen molar-refractivity contribution in [3.63, 3.8) is 0 Å². The zero-order valence-corrected chi connectivity index (χ0v) is 78.6. The molecule has 0 spiro atoms. The Balaban J connectivity index is 1.03. The lowest BCUT2D eigenvalue weighted by Crippen LogP contribution is -2.61. The number of hydrogen-bond acceptors (Lipinski definition) is 31. The average molecular weight is 1980 g/mol. The molecule has 1 unspecified atom stereocenters. The third-order valence-corrected chi connectivity index (χ3v) is 26.5. The van der Waals surface area contributed by atoms with E-state index < -0.39 is 339 Å². The van der Waals surface area contributed by atoms with Gasteiger partial charge in [-0.05, 0) is 173 Å². The smallest absolute Gasteiger partial charge is 0.410 e. The highest BCUT2D eigenvalue weighted by molar-refractivity contribution is 6.32. The minimum absolute atomic E-state index is 0.0929. The fourth-order valence-corrected chi connectivity index (χ4v) is 18.3. The Labute approximate surface area is 806 Å². The number of aromatic hydroxyl groups is 3. The van der Waals surface area contributed by atoms with Crippen molar-refractivity contribution >= 4 is 106 Å². The second kappa shape index (κ2) is 46.1. The molecule has 22 atom stereocenters. The molecule has 11 bridgehead atoms. The molecule has 2 aliphatic carbocycles. The molecule has 1 fully saturated rings. The number of ether oxygens (including phenoxy) is 8. The molecule has 5 aromatic rings. The maximum atomic E-state index is 16.5. The number of fused-ring (bicyclic) bond motifs is 15. The molecule has 0 radical (unpaired) electrons. The van der Waals surface area contributed by atoms with Crippen LogP contribution in [0, 0.1) is 28.6 Å². The molecular weight excluding hydrogens is 1870 g/mol. The van der Waals surface area contributed by atoms with Crippen LogP contribution in [0.25, 0.3) is 11.1 Å².